The number of carbonyl (C=O) groups is 1. The van der Waals surface area contributed by atoms with E-state index in [9.17, 15) is 9.90 Å². The van der Waals surface area contributed by atoms with Gasteiger partial charge in [-0.15, -0.1) is 0 Å². The molecule has 0 aliphatic rings. The number of rotatable bonds is 4. The first kappa shape index (κ1) is 15.4. The summed E-state index contributed by atoms with van der Waals surface area (Å²) >= 11 is 5.99. The average Bonchev–Trinajstić information content (AvgIpc) is 2.48. The van der Waals surface area contributed by atoms with Crippen LogP contribution in [0.15, 0.2) is 48.5 Å². The SMILES string of the molecule is CC(c1cccc(Cl)c1)N(C)C(=O)Cc1ccccc1O. The minimum atomic E-state index is -0.0814. The lowest BCUT2D eigenvalue weighted by molar-refractivity contribution is -0.131. The first-order valence-electron chi connectivity index (χ1n) is 6.77. The smallest absolute Gasteiger partial charge is 0.227 e. The quantitative estimate of drug-likeness (QED) is 0.933. The van der Waals surface area contributed by atoms with Gasteiger partial charge in [0.2, 0.25) is 5.91 Å². The summed E-state index contributed by atoms with van der Waals surface area (Å²) in [5.74, 6) is 0.0960. The molecule has 1 N–H and O–H groups in total. The van der Waals surface area contributed by atoms with E-state index in [1.54, 1.807) is 30.1 Å². The molecule has 0 fully saturated rings. The molecule has 0 saturated carbocycles. The summed E-state index contributed by atoms with van der Waals surface area (Å²) < 4.78 is 0. The van der Waals surface area contributed by atoms with Crippen LogP contribution in [-0.4, -0.2) is 23.0 Å². The summed E-state index contributed by atoms with van der Waals surface area (Å²) in [6.07, 6.45) is 0.175. The maximum absolute atomic E-state index is 12.3. The molecule has 0 saturated heterocycles. The van der Waals surface area contributed by atoms with E-state index in [1.165, 1.54) is 0 Å². The molecule has 2 aromatic carbocycles. The number of benzene rings is 2. The van der Waals surface area contributed by atoms with Gasteiger partial charge >= 0.3 is 0 Å². The fourth-order valence-electron chi connectivity index (χ4n) is 2.15. The summed E-state index contributed by atoms with van der Waals surface area (Å²) in [6.45, 7) is 1.95. The lowest BCUT2D eigenvalue weighted by atomic mass is 10.1. The van der Waals surface area contributed by atoms with Crippen molar-refractivity contribution in [2.75, 3.05) is 7.05 Å². The number of hydrogen-bond donors (Lipinski definition) is 1. The Morgan fingerprint density at radius 2 is 1.95 bits per heavy atom. The van der Waals surface area contributed by atoms with Gasteiger partial charge < -0.3 is 10.0 Å². The number of amides is 1. The third-order valence-corrected chi connectivity index (χ3v) is 3.87. The Bertz CT molecular complexity index is 642. The van der Waals surface area contributed by atoms with Crippen LogP contribution in [0, 0.1) is 0 Å². The van der Waals surface area contributed by atoms with E-state index in [1.807, 2.05) is 37.3 Å². The number of aromatic hydroxyl groups is 1. The average molecular weight is 304 g/mol. The van der Waals surface area contributed by atoms with Crippen molar-refractivity contribution >= 4 is 17.5 Å². The summed E-state index contributed by atoms with van der Waals surface area (Å²) in [7, 11) is 1.76. The van der Waals surface area contributed by atoms with Crippen LogP contribution in [0.1, 0.15) is 24.1 Å². The minimum absolute atomic E-state index is 0.0519. The van der Waals surface area contributed by atoms with Crippen LogP contribution in [-0.2, 0) is 11.2 Å². The van der Waals surface area contributed by atoms with Crippen molar-refractivity contribution in [3.8, 4) is 5.75 Å². The summed E-state index contributed by atoms with van der Waals surface area (Å²) in [5, 5.41) is 10.4. The number of phenolic OH excluding ortho intramolecular Hbond substituents is 1. The Morgan fingerprint density at radius 1 is 1.24 bits per heavy atom. The van der Waals surface area contributed by atoms with Gasteiger partial charge in [-0.1, -0.05) is 41.9 Å². The van der Waals surface area contributed by atoms with Gasteiger partial charge in [0, 0.05) is 17.6 Å². The third kappa shape index (κ3) is 3.76. The van der Waals surface area contributed by atoms with Gasteiger partial charge in [-0.3, -0.25) is 4.79 Å². The second-order valence-electron chi connectivity index (χ2n) is 5.04. The van der Waals surface area contributed by atoms with E-state index in [0.717, 1.165) is 5.56 Å². The fraction of sp³-hybridized carbons (Fsp3) is 0.235. The maximum atomic E-state index is 12.3. The van der Waals surface area contributed by atoms with Gasteiger partial charge in [0.25, 0.3) is 0 Å². The minimum Gasteiger partial charge on any atom is -0.508 e. The molecule has 0 radical (unpaired) electrons. The number of nitrogens with zero attached hydrogens (tertiary/aromatic N) is 1. The zero-order valence-corrected chi connectivity index (χ0v) is 12.8. The Balaban J connectivity index is 2.10. The predicted octanol–water partition coefficient (Wildman–Crippen LogP) is 3.81. The molecule has 0 heterocycles. The van der Waals surface area contributed by atoms with Crippen molar-refractivity contribution < 1.29 is 9.90 Å². The summed E-state index contributed by atoms with van der Waals surface area (Å²) in [4.78, 5) is 14.0. The van der Waals surface area contributed by atoms with E-state index in [2.05, 4.69) is 0 Å². The van der Waals surface area contributed by atoms with Crippen LogP contribution < -0.4 is 0 Å². The molecule has 21 heavy (non-hydrogen) atoms. The Kier molecular flexibility index (Phi) is 4.86. The van der Waals surface area contributed by atoms with Gasteiger partial charge in [-0.2, -0.15) is 0 Å². The zero-order valence-electron chi connectivity index (χ0n) is 12.1. The molecule has 1 amide bonds. The summed E-state index contributed by atoms with van der Waals surface area (Å²) in [6, 6.07) is 14.3. The molecule has 2 aromatic rings. The highest BCUT2D eigenvalue weighted by molar-refractivity contribution is 6.30. The number of phenols is 1. The lowest BCUT2D eigenvalue weighted by Gasteiger charge is -2.25. The van der Waals surface area contributed by atoms with E-state index in [-0.39, 0.29) is 24.1 Å². The number of halogens is 1. The first-order chi connectivity index (χ1) is 9.99. The topological polar surface area (TPSA) is 40.5 Å². The highest BCUT2D eigenvalue weighted by Gasteiger charge is 2.18. The van der Waals surface area contributed by atoms with E-state index in [0.29, 0.717) is 10.6 Å². The largest absolute Gasteiger partial charge is 0.508 e. The van der Waals surface area contributed by atoms with Crippen LogP contribution >= 0.6 is 11.6 Å². The number of likely N-dealkylation sites (N-methyl/N-ethyl adjacent to an activating group) is 1. The maximum Gasteiger partial charge on any atom is 0.227 e. The molecule has 4 heteroatoms. The molecule has 0 aliphatic carbocycles. The zero-order chi connectivity index (χ0) is 15.4. The molecule has 110 valence electrons. The van der Waals surface area contributed by atoms with Gasteiger partial charge in [0.05, 0.1) is 12.5 Å². The van der Waals surface area contributed by atoms with Crippen LogP contribution in [0.3, 0.4) is 0 Å². The molecule has 0 bridgehead atoms. The normalized spacial score (nSPS) is 12.0. The molecule has 3 nitrogen and oxygen atoms in total. The van der Waals surface area contributed by atoms with Crippen molar-refractivity contribution in [3.05, 3.63) is 64.7 Å². The number of para-hydroxylation sites is 1. The molecule has 0 aliphatic heterocycles. The van der Waals surface area contributed by atoms with Crippen molar-refractivity contribution in [1.82, 2.24) is 4.90 Å². The van der Waals surface area contributed by atoms with Crippen LogP contribution in [0.5, 0.6) is 5.75 Å². The first-order valence-corrected chi connectivity index (χ1v) is 7.15. The van der Waals surface area contributed by atoms with Crippen molar-refractivity contribution in [2.45, 2.75) is 19.4 Å². The van der Waals surface area contributed by atoms with Gasteiger partial charge in [-0.05, 0) is 30.7 Å². The van der Waals surface area contributed by atoms with Crippen LogP contribution in [0.25, 0.3) is 0 Å². The van der Waals surface area contributed by atoms with E-state index < -0.39 is 0 Å². The molecule has 0 spiro atoms. The molecular weight excluding hydrogens is 286 g/mol. The van der Waals surface area contributed by atoms with Crippen molar-refractivity contribution in [2.24, 2.45) is 0 Å². The second kappa shape index (κ2) is 6.64. The molecule has 0 aromatic heterocycles. The van der Waals surface area contributed by atoms with Gasteiger partial charge in [-0.25, -0.2) is 0 Å². The molecular formula is C17H18ClNO2. The van der Waals surface area contributed by atoms with E-state index in [4.69, 9.17) is 11.6 Å². The Labute approximate surface area is 129 Å². The molecule has 1 unspecified atom stereocenters. The molecule has 2 rings (SSSR count). The highest BCUT2D eigenvalue weighted by atomic mass is 35.5. The lowest BCUT2D eigenvalue weighted by Crippen LogP contribution is -2.31. The Morgan fingerprint density at radius 3 is 2.62 bits per heavy atom. The van der Waals surface area contributed by atoms with Crippen molar-refractivity contribution in [1.29, 1.82) is 0 Å². The standard InChI is InChI=1S/C17H18ClNO2/c1-12(13-7-5-8-15(18)10-13)19(2)17(21)11-14-6-3-4-9-16(14)20/h3-10,12,20H,11H2,1-2H3. The summed E-state index contributed by atoms with van der Waals surface area (Å²) in [5.41, 5.74) is 1.61. The Hall–Kier alpha value is -2.00. The monoisotopic (exact) mass is 303 g/mol. The third-order valence-electron chi connectivity index (χ3n) is 3.64. The van der Waals surface area contributed by atoms with Crippen LogP contribution in [0.4, 0.5) is 0 Å². The fourth-order valence-corrected chi connectivity index (χ4v) is 2.35. The molecule has 1 atom stereocenters. The van der Waals surface area contributed by atoms with Gasteiger partial charge in [0.1, 0.15) is 5.75 Å². The second-order valence-corrected chi connectivity index (χ2v) is 5.48. The van der Waals surface area contributed by atoms with Crippen molar-refractivity contribution in [3.63, 3.8) is 0 Å². The van der Waals surface area contributed by atoms with E-state index >= 15 is 0 Å². The highest BCUT2D eigenvalue weighted by Crippen LogP contribution is 2.23. The number of carbonyl (C=O) groups excluding carboxylic acids is 1. The van der Waals surface area contributed by atoms with Crippen LogP contribution in [0.2, 0.25) is 5.02 Å². The van der Waals surface area contributed by atoms with Gasteiger partial charge in [0.15, 0.2) is 0 Å². The number of hydrogen-bond acceptors (Lipinski definition) is 2. The predicted molar refractivity (Wildman–Crippen MR) is 84.4 cm³/mol.